The molecule has 0 saturated carbocycles. The molecule has 3 N–H and O–H groups in total. The maximum absolute atomic E-state index is 10.8. The Hall–Kier alpha value is -2.37. The molecule has 0 bridgehead atoms. The maximum Gasteiger partial charge on any atom is 0.335 e. The van der Waals surface area contributed by atoms with Gasteiger partial charge in [-0.2, -0.15) is 0 Å². The van der Waals surface area contributed by atoms with Crippen LogP contribution in [0.1, 0.15) is 27.9 Å². The second kappa shape index (κ2) is 5.81. The van der Waals surface area contributed by atoms with Crippen LogP contribution in [-0.4, -0.2) is 33.2 Å². The van der Waals surface area contributed by atoms with E-state index in [0.29, 0.717) is 11.1 Å². The topological polar surface area (TPSA) is 112 Å². The van der Waals surface area contributed by atoms with E-state index in [-0.39, 0.29) is 24.8 Å². The lowest BCUT2D eigenvalue weighted by Gasteiger charge is -2.08. The minimum Gasteiger partial charge on any atom is -0.481 e. The number of aryl methyl sites for hydroxylation is 1. The van der Waals surface area contributed by atoms with Gasteiger partial charge in [0.05, 0.1) is 12.0 Å². The van der Waals surface area contributed by atoms with Gasteiger partial charge in [-0.3, -0.25) is 9.59 Å². The van der Waals surface area contributed by atoms with E-state index in [1.165, 1.54) is 18.2 Å². The molecule has 6 heteroatoms. The number of hydrogen-bond acceptors (Lipinski definition) is 3. The summed E-state index contributed by atoms with van der Waals surface area (Å²) in [5, 5.41) is 26.1. The summed E-state index contributed by atoms with van der Waals surface area (Å²) in [6.45, 7) is 0. The van der Waals surface area contributed by atoms with Crippen molar-refractivity contribution >= 4 is 17.9 Å². The minimum absolute atomic E-state index is 0.00896. The fraction of sp³-hybridized carbons (Fsp3) is 0.250. The first-order valence-corrected chi connectivity index (χ1v) is 5.19. The fourth-order valence-electron chi connectivity index (χ4n) is 1.57. The first-order chi connectivity index (χ1) is 8.40. The minimum atomic E-state index is -1.15. The van der Waals surface area contributed by atoms with Gasteiger partial charge in [-0.25, -0.2) is 4.79 Å². The van der Waals surface area contributed by atoms with Crippen molar-refractivity contribution in [2.75, 3.05) is 0 Å². The molecule has 0 fully saturated rings. The van der Waals surface area contributed by atoms with E-state index in [4.69, 9.17) is 15.3 Å². The van der Waals surface area contributed by atoms with E-state index in [2.05, 4.69) is 0 Å². The summed E-state index contributed by atoms with van der Waals surface area (Å²) in [6.07, 6.45) is -0.271. The molecule has 0 heterocycles. The van der Waals surface area contributed by atoms with Gasteiger partial charge in [0, 0.05) is 6.42 Å². The van der Waals surface area contributed by atoms with Crippen LogP contribution in [0.2, 0.25) is 0 Å². The van der Waals surface area contributed by atoms with Crippen molar-refractivity contribution in [3.63, 3.8) is 0 Å². The monoisotopic (exact) mass is 252 g/mol. The molecule has 0 radical (unpaired) electrons. The summed E-state index contributed by atoms with van der Waals surface area (Å²) < 4.78 is 0. The number of aromatic carboxylic acids is 1. The third-order valence-corrected chi connectivity index (χ3v) is 2.40. The van der Waals surface area contributed by atoms with Gasteiger partial charge in [-0.05, 0) is 29.7 Å². The molecule has 0 aliphatic heterocycles. The van der Waals surface area contributed by atoms with Crippen LogP contribution in [0.5, 0.6) is 0 Å². The smallest absolute Gasteiger partial charge is 0.335 e. The molecule has 1 aromatic carbocycles. The van der Waals surface area contributed by atoms with Crippen LogP contribution >= 0.6 is 0 Å². The Morgan fingerprint density at radius 1 is 0.944 bits per heavy atom. The highest BCUT2D eigenvalue weighted by molar-refractivity contribution is 5.88. The van der Waals surface area contributed by atoms with E-state index in [1.54, 1.807) is 0 Å². The van der Waals surface area contributed by atoms with Crippen LogP contribution in [-0.2, 0) is 22.4 Å². The maximum atomic E-state index is 10.8. The molecule has 0 amide bonds. The van der Waals surface area contributed by atoms with E-state index >= 15 is 0 Å². The van der Waals surface area contributed by atoms with E-state index in [1.807, 2.05) is 0 Å². The molecule has 0 aliphatic rings. The van der Waals surface area contributed by atoms with Crippen molar-refractivity contribution in [3.05, 3.63) is 34.9 Å². The molecule has 1 aromatic rings. The average Bonchev–Trinajstić information content (AvgIpc) is 2.26. The highest BCUT2D eigenvalue weighted by Gasteiger charge is 2.12. The van der Waals surface area contributed by atoms with E-state index in [0.717, 1.165) is 0 Å². The predicted molar refractivity (Wildman–Crippen MR) is 60.7 cm³/mol. The van der Waals surface area contributed by atoms with Gasteiger partial charge in [-0.1, -0.05) is 6.07 Å². The predicted octanol–water partition coefficient (Wildman–Crippen LogP) is 1.03. The number of carboxylic acids is 3. The van der Waals surface area contributed by atoms with Crippen LogP contribution < -0.4 is 0 Å². The third kappa shape index (κ3) is 3.89. The number of carbonyl (C=O) groups is 3. The van der Waals surface area contributed by atoms with E-state index in [9.17, 15) is 14.4 Å². The summed E-state index contributed by atoms with van der Waals surface area (Å²) in [4.78, 5) is 31.9. The Balaban J connectivity index is 3.03. The lowest BCUT2D eigenvalue weighted by atomic mass is 9.98. The molecule has 6 nitrogen and oxygen atoms in total. The summed E-state index contributed by atoms with van der Waals surface area (Å²) >= 11 is 0. The Morgan fingerprint density at radius 2 is 1.61 bits per heavy atom. The van der Waals surface area contributed by atoms with Crippen molar-refractivity contribution in [1.29, 1.82) is 0 Å². The second-order valence-corrected chi connectivity index (χ2v) is 3.75. The zero-order valence-corrected chi connectivity index (χ0v) is 9.42. The largest absolute Gasteiger partial charge is 0.481 e. The Bertz CT molecular complexity index is 491. The van der Waals surface area contributed by atoms with Crippen molar-refractivity contribution in [2.45, 2.75) is 19.3 Å². The Kier molecular flexibility index (Phi) is 4.42. The SMILES string of the molecule is O=C(O)CCc1ccc(C(=O)O)cc1CC(=O)O. The van der Waals surface area contributed by atoms with Crippen LogP contribution in [0.4, 0.5) is 0 Å². The molecule has 0 atom stereocenters. The summed E-state index contributed by atoms with van der Waals surface area (Å²) in [6, 6.07) is 4.07. The number of carboxylic acid groups (broad SMARTS) is 3. The van der Waals surface area contributed by atoms with Gasteiger partial charge in [0.25, 0.3) is 0 Å². The van der Waals surface area contributed by atoms with Crippen LogP contribution in [0.25, 0.3) is 0 Å². The van der Waals surface area contributed by atoms with Crippen LogP contribution in [0.15, 0.2) is 18.2 Å². The average molecular weight is 252 g/mol. The highest BCUT2D eigenvalue weighted by atomic mass is 16.4. The summed E-state index contributed by atoms with van der Waals surface area (Å²) in [5.41, 5.74) is 0.874. The van der Waals surface area contributed by atoms with Crippen molar-refractivity contribution in [1.82, 2.24) is 0 Å². The molecular formula is C12H12O6. The lowest BCUT2D eigenvalue weighted by Crippen LogP contribution is -2.08. The van der Waals surface area contributed by atoms with E-state index < -0.39 is 17.9 Å². The fourth-order valence-corrected chi connectivity index (χ4v) is 1.57. The molecular weight excluding hydrogens is 240 g/mol. The zero-order chi connectivity index (χ0) is 13.7. The molecule has 0 saturated heterocycles. The first kappa shape index (κ1) is 13.7. The van der Waals surface area contributed by atoms with Gasteiger partial charge in [0.2, 0.25) is 0 Å². The van der Waals surface area contributed by atoms with Crippen LogP contribution in [0.3, 0.4) is 0 Å². The third-order valence-electron chi connectivity index (χ3n) is 2.40. The number of hydrogen-bond donors (Lipinski definition) is 3. The summed E-state index contributed by atoms with van der Waals surface area (Å²) in [5.74, 6) is -3.22. The zero-order valence-electron chi connectivity index (χ0n) is 9.42. The molecule has 0 aliphatic carbocycles. The van der Waals surface area contributed by atoms with Crippen molar-refractivity contribution in [3.8, 4) is 0 Å². The standard InChI is InChI=1S/C12H12O6/c13-10(14)4-3-7-1-2-8(12(17)18)5-9(7)6-11(15)16/h1-2,5H,3-4,6H2,(H,13,14)(H,15,16)(H,17,18). The Labute approximate surface area is 102 Å². The number of rotatable bonds is 6. The normalized spacial score (nSPS) is 10.0. The van der Waals surface area contributed by atoms with Gasteiger partial charge in [0.15, 0.2) is 0 Å². The van der Waals surface area contributed by atoms with Crippen molar-refractivity contribution < 1.29 is 29.7 Å². The highest BCUT2D eigenvalue weighted by Crippen LogP contribution is 2.15. The molecule has 1 rings (SSSR count). The molecule has 0 aromatic heterocycles. The lowest BCUT2D eigenvalue weighted by molar-refractivity contribution is -0.137. The van der Waals surface area contributed by atoms with Crippen molar-refractivity contribution in [2.24, 2.45) is 0 Å². The Morgan fingerprint density at radius 3 is 2.11 bits per heavy atom. The molecule has 18 heavy (non-hydrogen) atoms. The molecule has 0 spiro atoms. The second-order valence-electron chi connectivity index (χ2n) is 3.75. The van der Waals surface area contributed by atoms with Gasteiger partial charge in [0.1, 0.15) is 0 Å². The van der Waals surface area contributed by atoms with Gasteiger partial charge < -0.3 is 15.3 Å². The van der Waals surface area contributed by atoms with Crippen LogP contribution in [0, 0.1) is 0 Å². The number of aliphatic carboxylic acids is 2. The first-order valence-electron chi connectivity index (χ1n) is 5.19. The quantitative estimate of drug-likeness (QED) is 0.697. The molecule has 0 unspecified atom stereocenters. The van der Waals surface area contributed by atoms with Gasteiger partial charge in [-0.15, -0.1) is 0 Å². The number of benzene rings is 1. The molecule has 96 valence electrons. The summed E-state index contributed by atoms with van der Waals surface area (Å²) in [7, 11) is 0. The van der Waals surface area contributed by atoms with Gasteiger partial charge >= 0.3 is 17.9 Å².